The standard InChI is InChI=1S/C27H31FN6O3/c1-3-25(26-30-31-32-34(26)15-18-6-8-21(28)9-7-18)33(17-23-5-4-12-37-23)16-20-13-19-14-22(36-2)10-11-24(19)29-27(20)35/h6-11,13-14,23,25H,3-5,12,15-17H2,1-2H3,(H,29,35). The van der Waals surface area contributed by atoms with Crippen LogP contribution in [0.5, 0.6) is 5.75 Å². The van der Waals surface area contributed by atoms with Crippen LogP contribution in [0, 0.1) is 5.82 Å². The Bertz CT molecular complexity index is 1400. The first-order valence-electron chi connectivity index (χ1n) is 12.6. The molecule has 0 amide bonds. The number of pyridine rings is 1. The summed E-state index contributed by atoms with van der Waals surface area (Å²) in [4.78, 5) is 18.3. The average molecular weight is 507 g/mol. The lowest BCUT2D eigenvalue weighted by Crippen LogP contribution is -2.37. The molecular weight excluding hydrogens is 475 g/mol. The predicted molar refractivity (Wildman–Crippen MR) is 137 cm³/mol. The molecule has 2 aromatic heterocycles. The zero-order valence-corrected chi connectivity index (χ0v) is 21.1. The lowest BCUT2D eigenvalue weighted by molar-refractivity contribution is 0.0489. The summed E-state index contributed by atoms with van der Waals surface area (Å²) < 4.78 is 26.5. The third kappa shape index (κ3) is 5.70. The number of H-pyrrole nitrogens is 1. The fraction of sp³-hybridized carbons (Fsp3) is 0.407. The van der Waals surface area contributed by atoms with E-state index in [2.05, 4.69) is 32.3 Å². The van der Waals surface area contributed by atoms with E-state index in [1.807, 2.05) is 24.3 Å². The molecule has 9 nitrogen and oxygen atoms in total. The van der Waals surface area contributed by atoms with E-state index >= 15 is 0 Å². The van der Waals surface area contributed by atoms with Crippen molar-refractivity contribution in [3.05, 3.63) is 81.7 Å². The molecule has 1 aliphatic rings. The second-order valence-electron chi connectivity index (χ2n) is 9.39. The average Bonchev–Trinajstić information content (AvgIpc) is 3.58. The molecule has 0 radical (unpaired) electrons. The number of hydrogen-bond donors (Lipinski definition) is 1. The van der Waals surface area contributed by atoms with Crippen molar-refractivity contribution in [2.45, 2.75) is 51.4 Å². The van der Waals surface area contributed by atoms with Crippen molar-refractivity contribution in [3.8, 4) is 5.75 Å². The molecule has 37 heavy (non-hydrogen) atoms. The summed E-state index contributed by atoms with van der Waals surface area (Å²) in [6.07, 6.45) is 2.80. The summed E-state index contributed by atoms with van der Waals surface area (Å²) in [5.74, 6) is 1.14. The number of aromatic amines is 1. The summed E-state index contributed by atoms with van der Waals surface area (Å²) in [5.41, 5.74) is 2.18. The van der Waals surface area contributed by atoms with Crippen LogP contribution in [-0.2, 0) is 17.8 Å². The molecule has 0 saturated carbocycles. The minimum absolute atomic E-state index is 0.0788. The Morgan fingerprint density at radius 2 is 2.08 bits per heavy atom. The van der Waals surface area contributed by atoms with Gasteiger partial charge in [-0.3, -0.25) is 9.69 Å². The lowest BCUT2D eigenvalue weighted by atomic mass is 10.1. The Morgan fingerprint density at radius 1 is 1.24 bits per heavy atom. The zero-order valence-electron chi connectivity index (χ0n) is 21.1. The number of rotatable bonds is 10. The Kier molecular flexibility index (Phi) is 7.57. The predicted octanol–water partition coefficient (Wildman–Crippen LogP) is 3.84. The van der Waals surface area contributed by atoms with Gasteiger partial charge in [0.15, 0.2) is 5.82 Å². The Balaban J connectivity index is 1.47. The molecule has 0 aliphatic carbocycles. The van der Waals surface area contributed by atoms with Crippen LogP contribution < -0.4 is 10.3 Å². The minimum Gasteiger partial charge on any atom is -0.497 e. The quantitative estimate of drug-likeness (QED) is 0.349. The van der Waals surface area contributed by atoms with Gasteiger partial charge >= 0.3 is 0 Å². The summed E-state index contributed by atoms with van der Waals surface area (Å²) in [5, 5.41) is 13.5. The molecule has 0 bridgehead atoms. The van der Waals surface area contributed by atoms with Crippen molar-refractivity contribution in [3.63, 3.8) is 0 Å². The number of halogens is 1. The topological polar surface area (TPSA) is 98.2 Å². The Hall–Kier alpha value is -3.63. The third-order valence-electron chi connectivity index (χ3n) is 6.89. The van der Waals surface area contributed by atoms with E-state index < -0.39 is 0 Å². The molecule has 1 N–H and O–H groups in total. The highest BCUT2D eigenvalue weighted by Crippen LogP contribution is 2.27. The molecule has 1 fully saturated rings. The van der Waals surface area contributed by atoms with Crippen LogP contribution in [0.25, 0.3) is 10.9 Å². The van der Waals surface area contributed by atoms with Crippen LogP contribution in [-0.4, -0.2) is 56.5 Å². The summed E-state index contributed by atoms with van der Waals surface area (Å²) >= 11 is 0. The summed E-state index contributed by atoms with van der Waals surface area (Å²) in [6, 6.07) is 13.7. The van der Waals surface area contributed by atoms with Gasteiger partial charge in [0.05, 0.1) is 25.8 Å². The highest BCUT2D eigenvalue weighted by atomic mass is 19.1. The maximum absolute atomic E-state index is 13.4. The van der Waals surface area contributed by atoms with Gasteiger partial charge in [0, 0.05) is 36.2 Å². The van der Waals surface area contributed by atoms with Crippen LogP contribution in [0.1, 0.15) is 49.2 Å². The van der Waals surface area contributed by atoms with Crippen molar-refractivity contribution in [1.29, 1.82) is 0 Å². The number of benzene rings is 2. The smallest absolute Gasteiger partial charge is 0.252 e. The normalized spacial score (nSPS) is 16.5. The molecule has 0 spiro atoms. The first-order valence-corrected chi connectivity index (χ1v) is 12.6. The molecule has 4 aromatic rings. The maximum Gasteiger partial charge on any atom is 0.252 e. The second-order valence-corrected chi connectivity index (χ2v) is 9.39. The number of tetrazole rings is 1. The molecule has 194 valence electrons. The van der Waals surface area contributed by atoms with Crippen LogP contribution >= 0.6 is 0 Å². The molecule has 2 unspecified atom stereocenters. The summed E-state index contributed by atoms with van der Waals surface area (Å²) in [6.45, 7) is 4.30. The number of methoxy groups -OCH3 is 1. The lowest BCUT2D eigenvalue weighted by Gasteiger charge is -2.32. The van der Waals surface area contributed by atoms with Gasteiger partial charge < -0.3 is 14.5 Å². The maximum atomic E-state index is 13.4. The Morgan fingerprint density at radius 3 is 2.81 bits per heavy atom. The van der Waals surface area contributed by atoms with Crippen LogP contribution in [0.4, 0.5) is 4.39 Å². The van der Waals surface area contributed by atoms with Crippen molar-refractivity contribution < 1.29 is 13.9 Å². The van der Waals surface area contributed by atoms with Gasteiger partial charge in [0.2, 0.25) is 0 Å². The number of nitrogens with one attached hydrogen (secondary N) is 1. The molecule has 2 aromatic carbocycles. The number of hydrogen-bond acceptors (Lipinski definition) is 7. The second kappa shape index (κ2) is 11.2. The number of nitrogens with zero attached hydrogens (tertiary/aromatic N) is 5. The molecular formula is C27H31FN6O3. The number of fused-ring (bicyclic) bond motifs is 1. The molecule has 1 aliphatic heterocycles. The Labute approximate surface area is 214 Å². The van der Waals surface area contributed by atoms with E-state index in [0.29, 0.717) is 31.0 Å². The SMILES string of the molecule is CCC(c1nnnn1Cc1ccc(F)cc1)N(Cc1cc2cc(OC)ccc2[nH]c1=O)CC1CCCO1. The first-order chi connectivity index (χ1) is 18.0. The van der Waals surface area contributed by atoms with E-state index in [1.165, 1.54) is 12.1 Å². The van der Waals surface area contributed by atoms with Gasteiger partial charge in [-0.15, -0.1) is 5.10 Å². The monoisotopic (exact) mass is 506 g/mol. The van der Waals surface area contributed by atoms with Gasteiger partial charge in [-0.25, -0.2) is 9.07 Å². The molecule has 10 heteroatoms. The van der Waals surface area contributed by atoms with Crippen molar-refractivity contribution >= 4 is 10.9 Å². The van der Waals surface area contributed by atoms with Gasteiger partial charge in [0.25, 0.3) is 5.56 Å². The fourth-order valence-electron chi connectivity index (χ4n) is 4.97. The van der Waals surface area contributed by atoms with E-state index in [0.717, 1.165) is 48.1 Å². The van der Waals surface area contributed by atoms with Crippen LogP contribution in [0.2, 0.25) is 0 Å². The van der Waals surface area contributed by atoms with E-state index in [-0.39, 0.29) is 23.5 Å². The highest BCUT2D eigenvalue weighted by molar-refractivity contribution is 5.80. The van der Waals surface area contributed by atoms with Gasteiger partial charge in [-0.2, -0.15) is 0 Å². The van der Waals surface area contributed by atoms with Crippen molar-refractivity contribution in [2.24, 2.45) is 0 Å². The van der Waals surface area contributed by atoms with E-state index in [1.54, 1.807) is 23.9 Å². The number of aromatic nitrogens is 5. The number of ether oxygens (including phenoxy) is 2. The highest BCUT2D eigenvalue weighted by Gasteiger charge is 2.29. The van der Waals surface area contributed by atoms with Crippen LogP contribution in [0.15, 0.2) is 53.3 Å². The molecule has 3 heterocycles. The summed E-state index contributed by atoms with van der Waals surface area (Å²) in [7, 11) is 1.62. The molecule has 5 rings (SSSR count). The molecule has 1 saturated heterocycles. The van der Waals surface area contributed by atoms with Gasteiger partial charge in [-0.1, -0.05) is 19.1 Å². The van der Waals surface area contributed by atoms with Gasteiger partial charge in [0.1, 0.15) is 11.6 Å². The first kappa shape index (κ1) is 25.0. The zero-order chi connectivity index (χ0) is 25.8. The van der Waals surface area contributed by atoms with Crippen molar-refractivity contribution in [1.82, 2.24) is 30.1 Å². The fourth-order valence-corrected chi connectivity index (χ4v) is 4.97. The largest absolute Gasteiger partial charge is 0.497 e. The third-order valence-corrected chi connectivity index (χ3v) is 6.89. The van der Waals surface area contributed by atoms with Gasteiger partial charge in [-0.05, 0) is 71.7 Å². The van der Waals surface area contributed by atoms with E-state index in [4.69, 9.17) is 9.47 Å². The molecule has 2 atom stereocenters. The van der Waals surface area contributed by atoms with Crippen molar-refractivity contribution in [2.75, 3.05) is 20.3 Å². The van der Waals surface area contributed by atoms with Crippen LogP contribution in [0.3, 0.4) is 0 Å². The van der Waals surface area contributed by atoms with E-state index in [9.17, 15) is 9.18 Å². The minimum atomic E-state index is -0.284.